The summed E-state index contributed by atoms with van der Waals surface area (Å²) in [5, 5.41) is 233. The second-order valence-electron chi connectivity index (χ2n) is 24.8. The number of benzene rings is 4. The van der Waals surface area contributed by atoms with Crippen LogP contribution in [0.15, 0.2) is 42.5 Å². The van der Waals surface area contributed by atoms with Crippen LogP contribution in [-0.2, 0) is 66.3 Å². The van der Waals surface area contributed by atoms with Crippen molar-refractivity contribution in [1.29, 1.82) is 0 Å². The molecule has 100 heavy (non-hydrogen) atoms. The van der Waals surface area contributed by atoms with Gasteiger partial charge in [-0.15, -0.1) is 0 Å². The van der Waals surface area contributed by atoms with E-state index >= 15 is 0 Å². The van der Waals surface area contributed by atoms with Crippen molar-refractivity contribution in [1.82, 2.24) is 10.6 Å². The van der Waals surface area contributed by atoms with Crippen molar-refractivity contribution in [2.45, 2.75) is 204 Å². The molecule has 8 bridgehead atoms. The van der Waals surface area contributed by atoms with Crippen molar-refractivity contribution >= 4 is 61.4 Å². The molecule has 0 aromatic heterocycles. The molecule has 9 aliphatic rings. The van der Waals surface area contributed by atoms with Crippen LogP contribution in [0.1, 0.15) is 6.92 Å². The van der Waals surface area contributed by atoms with Crippen molar-refractivity contribution in [2.75, 3.05) is 68.8 Å². The smallest absolute Gasteiger partial charge is 0.319 e. The predicted octanol–water partition coefficient (Wildman–Crippen LogP) is -9.76. The molecule has 0 spiro atoms. The number of rotatable bonds is 16. The molecule has 12 unspecified atom stereocenters. The van der Waals surface area contributed by atoms with Gasteiger partial charge in [0.25, 0.3) is 6.48 Å². The summed E-state index contributed by atoms with van der Waals surface area (Å²) in [7, 11) is 0. The molecule has 9 heterocycles. The van der Waals surface area contributed by atoms with Crippen molar-refractivity contribution in [2.24, 2.45) is 0 Å². The lowest BCUT2D eigenvalue weighted by Gasteiger charge is -2.50. The zero-order valence-corrected chi connectivity index (χ0v) is 52.6. The molecule has 0 saturated carbocycles. The van der Waals surface area contributed by atoms with Crippen LogP contribution in [0, 0.1) is 0 Å². The van der Waals surface area contributed by atoms with Crippen molar-refractivity contribution < 1.29 is 178 Å². The fourth-order valence-electron chi connectivity index (χ4n) is 13.3. The molecule has 41 nitrogen and oxygen atoms in total. The van der Waals surface area contributed by atoms with Crippen LogP contribution in [-0.4, -0.2) is 364 Å². The summed E-state index contributed by atoms with van der Waals surface area (Å²) in [6.45, 7) is -7.37. The molecule has 0 aliphatic carbocycles. The van der Waals surface area contributed by atoms with Gasteiger partial charge in [-0.25, -0.2) is 9.59 Å². The highest BCUT2D eigenvalue weighted by atomic mass is 16.8. The quantitative estimate of drug-likeness (QED) is 0.0281. The van der Waals surface area contributed by atoms with Crippen LogP contribution < -0.4 is 26.7 Å². The van der Waals surface area contributed by atoms with Crippen LogP contribution in [0.3, 0.4) is 0 Å². The Morgan fingerprint density at radius 2 is 0.920 bits per heavy atom. The average Bonchev–Trinajstić information content (AvgIpc) is 0.731. The maximum absolute atomic E-state index is 14.5. The maximum Gasteiger partial charge on any atom is 0.319 e. The van der Waals surface area contributed by atoms with Gasteiger partial charge >= 0.3 is 12.1 Å². The molecule has 9 aliphatic heterocycles. The van der Waals surface area contributed by atoms with Crippen LogP contribution in [0.25, 0.3) is 32.3 Å². The second kappa shape index (κ2) is 32.5. The number of aliphatic hydroxyl groups excluding tert-OH is 18. The van der Waals surface area contributed by atoms with E-state index in [4.69, 9.17) is 71.4 Å². The Labute approximate surface area is 564 Å². The number of hydrogen-bond acceptors (Lipinski definition) is 37. The fraction of sp³-hybridized carbons (Fsp3) is 0.695. The van der Waals surface area contributed by atoms with Crippen molar-refractivity contribution in [3.63, 3.8) is 0 Å². The molecular weight excluding hydrogens is 1350 g/mol. The van der Waals surface area contributed by atoms with E-state index in [9.17, 15) is 107 Å². The van der Waals surface area contributed by atoms with Gasteiger partial charge in [0.15, 0.2) is 44.0 Å². The Morgan fingerprint density at radius 1 is 0.470 bits per heavy atom. The van der Waals surface area contributed by atoms with Gasteiger partial charge in [-0.2, -0.15) is 0 Å². The van der Waals surface area contributed by atoms with Gasteiger partial charge in [-0.05, 0) is 41.3 Å². The number of aliphatic hydroxyl groups is 19. The monoisotopic (exact) mass is 1440 g/mol. The van der Waals surface area contributed by atoms with Gasteiger partial charge in [0, 0.05) is 29.2 Å². The molecule has 4 aromatic rings. The first-order valence-corrected chi connectivity index (χ1v) is 31.8. The van der Waals surface area contributed by atoms with E-state index in [1.54, 1.807) is 36.4 Å². The normalized spacial score (nSPS) is 41.5. The summed E-state index contributed by atoms with van der Waals surface area (Å²) < 4.78 is 80.5. The lowest BCUT2D eigenvalue weighted by molar-refractivity contribution is -0.399. The minimum absolute atomic E-state index is 0.00711. The Kier molecular flexibility index (Phi) is 24.7. The summed E-state index contributed by atoms with van der Waals surface area (Å²) in [5.41, 5.74) is 2.37. The van der Waals surface area contributed by atoms with E-state index in [1.807, 2.05) is 0 Å². The van der Waals surface area contributed by atoms with Crippen molar-refractivity contribution in [3.05, 3.63) is 42.5 Å². The van der Waals surface area contributed by atoms with Gasteiger partial charge in [-0.3, -0.25) is 15.4 Å². The van der Waals surface area contributed by atoms with E-state index in [2.05, 4.69) is 26.7 Å². The summed E-state index contributed by atoms with van der Waals surface area (Å²) in [6.07, 6.45) is -61.3. The number of carbonyl (C=O) groups is 2. The molecule has 41 heteroatoms. The average molecular weight is 1440 g/mol. The highest BCUT2D eigenvalue weighted by Crippen LogP contribution is 2.44. The Hall–Kier alpha value is -5.10. The van der Waals surface area contributed by atoms with Gasteiger partial charge in [-0.1, -0.05) is 24.3 Å². The number of hydrogen-bond donors (Lipinski definition) is 25. The highest BCUT2D eigenvalue weighted by molar-refractivity contribution is 6.29. The van der Waals surface area contributed by atoms with E-state index < -0.39 is 249 Å². The first-order valence-electron chi connectivity index (χ1n) is 31.8. The molecule has 4 amide bonds. The van der Waals surface area contributed by atoms with Gasteiger partial charge < -0.3 is 180 Å². The van der Waals surface area contributed by atoms with Crippen LogP contribution in [0.4, 0.5) is 26.7 Å². The molecule has 13 rings (SSSR count). The largest absolute Gasteiger partial charge is 0.394 e. The third kappa shape index (κ3) is 15.5. The van der Waals surface area contributed by atoms with Crippen LogP contribution >= 0.6 is 0 Å². The highest BCUT2D eigenvalue weighted by Gasteiger charge is 2.58. The molecule has 31 atom stereocenters. The number of anilines is 3. The van der Waals surface area contributed by atoms with Gasteiger partial charge in [0.2, 0.25) is 0 Å². The summed E-state index contributed by atoms with van der Waals surface area (Å²) in [5.74, 6) is 0. The fourth-order valence-corrected chi connectivity index (χ4v) is 13.3. The zero-order valence-electron chi connectivity index (χ0n) is 52.6. The van der Waals surface area contributed by atoms with Crippen molar-refractivity contribution in [3.8, 4) is 0 Å². The topological polar surface area (TPSA) is 628 Å². The molecule has 25 N–H and O–H groups in total. The first kappa shape index (κ1) is 76.0. The number of fused-ring (bicyclic) bond motifs is 2. The first-order chi connectivity index (χ1) is 47.8. The number of carbonyl (C=O) groups excluding carboxylic acids is 2. The molecule has 560 valence electrons. The number of amides is 4. The molecule has 4 aromatic carbocycles. The predicted molar refractivity (Wildman–Crippen MR) is 323 cm³/mol. The molecule has 6 saturated heterocycles. The van der Waals surface area contributed by atoms with Gasteiger partial charge in [0.1, 0.15) is 146 Å². The molecule has 6 fully saturated rings. The standard InChI is InChI=1S/C59H83N5O36/c1-17(87-7-6-65)88-47-27(13-66)91-54(40(77)35(47)72)98-49-29(15-68)92-52(41(78)36(49)73)95-45-25-11-60-57(82)62-23-10-24(22-5-3-19-9-20(64-86)8-18-2-4-21(23)32(22)31(18)19)63-58(83)61-12-26-46(34(71)44(81)56(90-26)100-59(84)85)96-53-42(79)37(74)50(30(16-69)93-53)99-55-43(80)38(75)48(28(14-67)94-55)97-51(89-25)39(76)33(45)70/h2-5,8-10,17,25-30,33-56,59,64-81,84-86H,6-7,11-16H2,1H3,(H2,60,62,82)(H2,61,63,83)/t17-,25-,26-,27-,28-,29-,30-,33?,34?,35?,36?,37?,38?,39?,40?,41?,42?,43?,44?,45-,46-,47-,48-,49-,50-,51-,52-,53-,54-,55-,56-/m1/s1. The van der Waals surface area contributed by atoms with Crippen LogP contribution in [0.5, 0.6) is 0 Å². The third-order valence-electron chi connectivity index (χ3n) is 18.3. The Balaban J connectivity index is 0.915. The van der Waals surface area contributed by atoms with E-state index in [1.165, 1.54) is 13.0 Å². The van der Waals surface area contributed by atoms with E-state index in [0.717, 1.165) is 0 Å². The number of ether oxygens (including phenoxy) is 14. The lowest BCUT2D eigenvalue weighted by Crippen LogP contribution is -2.68. The van der Waals surface area contributed by atoms with Gasteiger partial charge in [0.05, 0.1) is 56.7 Å². The number of nitrogens with one attached hydrogen (secondary N) is 5. The van der Waals surface area contributed by atoms with Crippen LogP contribution in [0.2, 0.25) is 0 Å². The maximum atomic E-state index is 14.5. The minimum Gasteiger partial charge on any atom is -0.394 e. The number of urea groups is 2. The summed E-state index contributed by atoms with van der Waals surface area (Å²) >= 11 is 0. The lowest BCUT2D eigenvalue weighted by atomic mass is 9.92. The molecule has 0 radical (unpaired) electrons. The minimum atomic E-state index is -2.60. The zero-order chi connectivity index (χ0) is 71.9. The molecular formula is C59H83N5O36. The Bertz CT molecular complexity index is 3330. The Morgan fingerprint density at radius 3 is 1.43 bits per heavy atom. The van der Waals surface area contributed by atoms with E-state index in [0.29, 0.717) is 32.3 Å². The third-order valence-corrected chi connectivity index (χ3v) is 18.3. The SMILES string of the molecule is C[C@H](OCCO)O[C@H]1C(O)C(O)[C@@H](O[C@H]2C(O)C(O)[C@@H](O[C@H]3C(O)C(O)[C@@H]4O[C@@H]3CNC(=O)Nc3cc(c5ccc6cc(NO)cc7ccc3c5c76)NC(=O)NC[C@H]3O[C@H](OC(O)O)C(O)C(O)[C@@H]3O[C@H]3O[C@H](CO)[C@@H](O[C@H]5O[C@H](CO)[C@@H](O4)C(O)C5O)C(O)C3O)O[C@@H]2CO)O[C@@H]1CO. The second-order valence-corrected chi connectivity index (χ2v) is 24.8. The summed E-state index contributed by atoms with van der Waals surface area (Å²) in [6, 6.07) is 8.98. The summed E-state index contributed by atoms with van der Waals surface area (Å²) in [4.78, 5) is 28.8. The van der Waals surface area contributed by atoms with E-state index in [-0.39, 0.29) is 30.3 Å².